The van der Waals surface area contributed by atoms with Gasteiger partial charge in [-0.15, -0.1) is 0 Å². The maximum atomic E-state index is 14.0. The molecule has 1 aromatic rings. The number of sulfonamides is 1. The molecule has 2 unspecified atom stereocenters. The van der Waals surface area contributed by atoms with Crippen LogP contribution in [0.4, 0.5) is 4.39 Å². The Labute approximate surface area is 122 Å². The molecule has 0 radical (unpaired) electrons. The molecule has 1 aromatic carbocycles. The third kappa shape index (κ3) is 2.15. The molecule has 1 N–H and O–H groups in total. The standard InChI is InChI=1S/C13H15ClFNO3S/c14-11-2-1-3-12(13(11)15)20(18,19)16-8-4-5-9(16)7-10(17)6-8/h1-3,8-10,17H,4-7H2. The van der Waals surface area contributed by atoms with Gasteiger partial charge in [0.25, 0.3) is 0 Å². The first-order chi connectivity index (χ1) is 9.41. The molecule has 0 aromatic heterocycles. The summed E-state index contributed by atoms with van der Waals surface area (Å²) in [6.07, 6.45) is 1.78. The van der Waals surface area contributed by atoms with Crippen molar-refractivity contribution in [2.24, 2.45) is 0 Å². The topological polar surface area (TPSA) is 57.6 Å². The zero-order valence-corrected chi connectivity index (χ0v) is 12.2. The smallest absolute Gasteiger partial charge is 0.246 e. The summed E-state index contributed by atoms with van der Waals surface area (Å²) in [6, 6.07) is 3.50. The van der Waals surface area contributed by atoms with Gasteiger partial charge in [-0.05, 0) is 37.8 Å². The summed E-state index contributed by atoms with van der Waals surface area (Å²) in [5, 5.41) is 9.53. The highest BCUT2D eigenvalue weighted by Crippen LogP contribution is 2.40. The van der Waals surface area contributed by atoms with Gasteiger partial charge in [0, 0.05) is 12.1 Å². The number of aliphatic hydroxyl groups excluding tert-OH is 1. The van der Waals surface area contributed by atoms with E-state index in [2.05, 4.69) is 0 Å². The molecule has 2 fully saturated rings. The van der Waals surface area contributed by atoms with Crippen LogP contribution in [0.1, 0.15) is 25.7 Å². The van der Waals surface area contributed by atoms with Crippen molar-refractivity contribution in [1.82, 2.24) is 4.31 Å². The molecule has 2 bridgehead atoms. The van der Waals surface area contributed by atoms with Crippen molar-refractivity contribution in [2.75, 3.05) is 0 Å². The fourth-order valence-corrected chi connectivity index (χ4v) is 5.51. The second-order valence-corrected chi connectivity index (χ2v) is 7.62. The number of piperidine rings is 1. The Kier molecular flexibility index (Phi) is 3.52. The number of benzene rings is 1. The lowest BCUT2D eigenvalue weighted by atomic mass is 10.0. The highest BCUT2D eigenvalue weighted by molar-refractivity contribution is 7.89. The van der Waals surface area contributed by atoms with Crippen molar-refractivity contribution in [3.63, 3.8) is 0 Å². The minimum Gasteiger partial charge on any atom is -0.393 e. The average Bonchev–Trinajstić information content (AvgIpc) is 2.66. The summed E-state index contributed by atoms with van der Waals surface area (Å²) < 4.78 is 40.7. The van der Waals surface area contributed by atoms with E-state index in [1.54, 1.807) is 0 Å². The first-order valence-corrected chi connectivity index (χ1v) is 8.38. The van der Waals surface area contributed by atoms with E-state index in [4.69, 9.17) is 11.6 Å². The summed E-state index contributed by atoms with van der Waals surface area (Å²) in [5.74, 6) is -0.903. The average molecular weight is 320 g/mol. The van der Waals surface area contributed by atoms with Crippen LogP contribution in [0.25, 0.3) is 0 Å². The van der Waals surface area contributed by atoms with E-state index in [0.29, 0.717) is 25.7 Å². The monoisotopic (exact) mass is 319 g/mol. The Morgan fingerprint density at radius 2 is 1.85 bits per heavy atom. The van der Waals surface area contributed by atoms with Gasteiger partial charge in [-0.25, -0.2) is 12.8 Å². The van der Waals surface area contributed by atoms with Gasteiger partial charge in [0.15, 0.2) is 5.82 Å². The van der Waals surface area contributed by atoms with Crippen molar-refractivity contribution in [2.45, 2.75) is 48.8 Å². The maximum Gasteiger partial charge on any atom is 0.246 e. The summed E-state index contributed by atoms with van der Waals surface area (Å²) in [6.45, 7) is 0. The molecular formula is C13H15ClFNO3S. The molecule has 2 aliphatic rings. The Bertz CT molecular complexity index is 623. The fourth-order valence-electron chi connectivity index (χ4n) is 3.29. The van der Waals surface area contributed by atoms with Gasteiger partial charge in [0.2, 0.25) is 10.0 Å². The zero-order chi connectivity index (χ0) is 14.5. The highest BCUT2D eigenvalue weighted by Gasteiger charge is 2.47. The first kappa shape index (κ1) is 14.3. The molecule has 4 nitrogen and oxygen atoms in total. The predicted molar refractivity (Wildman–Crippen MR) is 72.5 cm³/mol. The summed E-state index contributed by atoms with van der Waals surface area (Å²) in [4.78, 5) is -0.377. The molecule has 0 amide bonds. The molecule has 0 aliphatic carbocycles. The van der Waals surface area contributed by atoms with Crippen LogP contribution in [0.3, 0.4) is 0 Å². The van der Waals surface area contributed by atoms with Gasteiger partial charge >= 0.3 is 0 Å². The van der Waals surface area contributed by atoms with E-state index in [-0.39, 0.29) is 22.0 Å². The Morgan fingerprint density at radius 1 is 1.25 bits per heavy atom. The van der Waals surface area contributed by atoms with E-state index in [1.165, 1.54) is 22.5 Å². The number of nitrogens with zero attached hydrogens (tertiary/aromatic N) is 1. The van der Waals surface area contributed by atoms with Crippen LogP contribution in [-0.4, -0.2) is 36.0 Å². The Hall–Kier alpha value is -0.690. The van der Waals surface area contributed by atoms with Crippen LogP contribution < -0.4 is 0 Å². The zero-order valence-electron chi connectivity index (χ0n) is 10.7. The van der Waals surface area contributed by atoms with Crippen LogP contribution in [0.5, 0.6) is 0 Å². The summed E-state index contributed by atoms with van der Waals surface area (Å²) in [7, 11) is -3.91. The Morgan fingerprint density at radius 3 is 2.45 bits per heavy atom. The third-order valence-electron chi connectivity index (χ3n) is 4.11. The fraction of sp³-hybridized carbons (Fsp3) is 0.538. The van der Waals surface area contributed by atoms with Crippen molar-refractivity contribution >= 4 is 21.6 Å². The Balaban J connectivity index is 2.03. The minimum atomic E-state index is -3.91. The van der Waals surface area contributed by atoms with Crippen molar-refractivity contribution in [3.05, 3.63) is 29.0 Å². The van der Waals surface area contributed by atoms with Gasteiger partial charge in [-0.2, -0.15) is 4.31 Å². The molecule has 2 aliphatic heterocycles. The van der Waals surface area contributed by atoms with Crippen molar-refractivity contribution < 1.29 is 17.9 Å². The molecular weight excluding hydrogens is 305 g/mol. The van der Waals surface area contributed by atoms with E-state index in [9.17, 15) is 17.9 Å². The highest BCUT2D eigenvalue weighted by atomic mass is 35.5. The van der Waals surface area contributed by atoms with Gasteiger partial charge in [0.05, 0.1) is 11.1 Å². The number of hydrogen-bond acceptors (Lipinski definition) is 3. The number of halogens is 2. The van der Waals surface area contributed by atoms with Gasteiger partial charge in [-0.1, -0.05) is 17.7 Å². The molecule has 3 rings (SSSR count). The molecule has 2 saturated heterocycles. The quantitative estimate of drug-likeness (QED) is 0.908. The van der Waals surface area contributed by atoms with Crippen LogP contribution in [0.15, 0.2) is 23.1 Å². The SMILES string of the molecule is O=S(=O)(c1cccc(Cl)c1F)N1C2CCC1CC(O)C2. The van der Waals surface area contributed by atoms with Gasteiger partial charge in [0.1, 0.15) is 4.90 Å². The normalized spacial score (nSPS) is 30.6. The molecule has 7 heteroatoms. The summed E-state index contributed by atoms with van der Waals surface area (Å²) in [5.41, 5.74) is 0. The lowest BCUT2D eigenvalue weighted by molar-refractivity contribution is 0.0768. The molecule has 20 heavy (non-hydrogen) atoms. The van der Waals surface area contributed by atoms with Gasteiger partial charge < -0.3 is 5.11 Å². The van der Waals surface area contributed by atoms with Crippen LogP contribution >= 0.6 is 11.6 Å². The lowest BCUT2D eigenvalue weighted by Gasteiger charge is -2.36. The number of fused-ring (bicyclic) bond motifs is 2. The molecule has 0 saturated carbocycles. The van der Waals surface area contributed by atoms with Crippen LogP contribution in [0.2, 0.25) is 5.02 Å². The number of rotatable bonds is 2. The largest absolute Gasteiger partial charge is 0.393 e. The van der Waals surface area contributed by atoms with Crippen molar-refractivity contribution in [3.8, 4) is 0 Å². The first-order valence-electron chi connectivity index (χ1n) is 6.57. The second-order valence-electron chi connectivity index (χ2n) is 5.40. The minimum absolute atomic E-state index is 0.199. The van der Waals surface area contributed by atoms with E-state index < -0.39 is 21.9 Å². The third-order valence-corrected chi connectivity index (χ3v) is 6.43. The van der Waals surface area contributed by atoms with Crippen LogP contribution in [0, 0.1) is 5.82 Å². The lowest BCUT2D eigenvalue weighted by Crippen LogP contribution is -2.48. The second kappa shape index (κ2) is 4.94. The predicted octanol–water partition coefficient (Wildman–Crippen LogP) is 2.16. The summed E-state index contributed by atoms with van der Waals surface area (Å²) >= 11 is 5.67. The molecule has 2 heterocycles. The molecule has 2 atom stereocenters. The molecule has 0 spiro atoms. The number of hydrogen-bond donors (Lipinski definition) is 1. The van der Waals surface area contributed by atoms with Crippen LogP contribution in [-0.2, 0) is 10.0 Å². The number of aliphatic hydroxyl groups is 1. The maximum absolute atomic E-state index is 14.0. The van der Waals surface area contributed by atoms with E-state index in [1.807, 2.05) is 0 Å². The van der Waals surface area contributed by atoms with E-state index >= 15 is 0 Å². The van der Waals surface area contributed by atoms with E-state index in [0.717, 1.165) is 0 Å². The van der Waals surface area contributed by atoms with Gasteiger partial charge in [-0.3, -0.25) is 0 Å². The van der Waals surface area contributed by atoms with Crippen molar-refractivity contribution in [1.29, 1.82) is 0 Å². The molecule has 110 valence electrons.